The molecule has 130 valence electrons. The minimum absolute atomic E-state index is 0.0132. The molecular formula is C16H17ClN6O2. The van der Waals surface area contributed by atoms with E-state index in [0.29, 0.717) is 12.2 Å². The smallest absolute Gasteiger partial charge is 0.226 e. The van der Waals surface area contributed by atoms with Crippen LogP contribution in [0.3, 0.4) is 0 Å². The van der Waals surface area contributed by atoms with Crippen molar-refractivity contribution in [2.45, 2.75) is 19.4 Å². The van der Waals surface area contributed by atoms with E-state index >= 15 is 0 Å². The Bertz CT molecular complexity index is 870. The fourth-order valence-corrected chi connectivity index (χ4v) is 3.27. The van der Waals surface area contributed by atoms with E-state index < -0.39 is 0 Å². The molecule has 0 unspecified atom stereocenters. The average molecular weight is 361 g/mol. The van der Waals surface area contributed by atoms with Crippen LogP contribution < -0.4 is 10.2 Å². The molecule has 0 saturated carbocycles. The molecule has 0 atom stereocenters. The van der Waals surface area contributed by atoms with E-state index in [4.69, 9.17) is 16.0 Å². The number of aromatic nitrogens is 4. The van der Waals surface area contributed by atoms with Gasteiger partial charge < -0.3 is 19.6 Å². The van der Waals surface area contributed by atoms with E-state index in [1.807, 2.05) is 12.1 Å². The number of nitrogens with one attached hydrogen (secondary N) is 2. The van der Waals surface area contributed by atoms with Crippen LogP contribution in [0.4, 0.5) is 5.82 Å². The van der Waals surface area contributed by atoms with Gasteiger partial charge >= 0.3 is 0 Å². The Kier molecular flexibility index (Phi) is 4.27. The van der Waals surface area contributed by atoms with E-state index in [1.165, 1.54) is 0 Å². The predicted octanol–water partition coefficient (Wildman–Crippen LogP) is 2.13. The third-order valence-corrected chi connectivity index (χ3v) is 4.59. The molecule has 4 heterocycles. The van der Waals surface area contributed by atoms with Crippen LogP contribution >= 0.6 is 11.6 Å². The van der Waals surface area contributed by atoms with Crippen LogP contribution in [0.15, 0.2) is 29.1 Å². The highest BCUT2D eigenvalue weighted by Crippen LogP contribution is 2.27. The number of rotatable bonds is 4. The molecule has 0 aliphatic carbocycles. The van der Waals surface area contributed by atoms with E-state index in [0.717, 1.165) is 43.0 Å². The molecule has 9 heteroatoms. The molecule has 3 aromatic heterocycles. The maximum atomic E-state index is 12.3. The Hall–Kier alpha value is -2.61. The molecule has 4 rings (SSSR count). The van der Waals surface area contributed by atoms with Crippen molar-refractivity contribution in [2.75, 3.05) is 18.0 Å². The summed E-state index contributed by atoms with van der Waals surface area (Å²) in [6, 6.07) is 3.65. The lowest BCUT2D eigenvalue weighted by atomic mass is 9.96. The first-order valence-electron chi connectivity index (χ1n) is 8.12. The Morgan fingerprint density at radius 1 is 1.40 bits per heavy atom. The zero-order valence-electron chi connectivity index (χ0n) is 13.4. The minimum atomic E-state index is -0.0132. The summed E-state index contributed by atoms with van der Waals surface area (Å²) < 4.78 is 5.23. The number of carbonyl (C=O) groups is 1. The van der Waals surface area contributed by atoms with Gasteiger partial charge in [-0.3, -0.25) is 4.79 Å². The number of nitrogens with zero attached hydrogens (tertiary/aromatic N) is 4. The number of aromatic amines is 1. The number of anilines is 1. The highest BCUT2D eigenvalue weighted by Gasteiger charge is 2.27. The number of amides is 1. The quantitative estimate of drug-likeness (QED) is 0.691. The molecule has 0 spiro atoms. The second-order valence-electron chi connectivity index (χ2n) is 5.98. The largest absolute Gasteiger partial charge is 0.467 e. The Morgan fingerprint density at radius 2 is 2.24 bits per heavy atom. The first-order chi connectivity index (χ1) is 12.2. The Labute approximate surface area is 148 Å². The van der Waals surface area contributed by atoms with Crippen LogP contribution in [0, 0.1) is 5.92 Å². The SMILES string of the molecule is O=C(NCc1ccco1)C1CCN(c2nc(Cl)nc3nc[nH]c23)CC1. The summed E-state index contributed by atoms with van der Waals surface area (Å²) in [5.41, 5.74) is 1.32. The number of carbonyl (C=O) groups excluding carboxylic acids is 1. The Balaban J connectivity index is 1.39. The second kappa shape index (κ2) is 6.72. The highest BCUT2D eigenvalue weighted by molar-refractivity contribution is 6.28. The number of imidazole rings is 1. The van der Waals surface area contributed by atoms with E-state index in [2.05, 4.69) is 30.2 Å². The third-order valence-electron chi connectivity index (χ3n) is 4.42. The number of hydrogen-bond donors (Lipinski definition) is 2. The van der Waals surface area contributed by atoms with E-state index in [9.17, 15) is 4.79 Å². The van der Waals surface area contributed by atoms with Crippen molar-refractivity contribution >= 4 is 34.5 Å². The van der Waals surface area contributed by atoms with Gasteiger partial charge in [0.1, 0.15) is 11.3 Å². The standard InChI is InChI=1S/C16H17ClN6O2/c17-16-21-13-12(19-9-20-13)14(22-16)23-5-3-10(4-6-23)15(24)18-8-11-2-1-7-25-11/h1-2,7,9-10H,3-6,8H2,(H,18,24)(H,19,20,21,22). The molecule has 1 aliphatic heterocycles. The molecule has 3 aromatic rings. The van der Waals surface area contributed by atoms with Crippen LogP contribution in [0.2, 0.25) is 5.28 Å². The molecule has 1 aliphatic rings. The lowest BCUT2D eigenvalue weighted by molar-refractivity contribution is -0.125. The summed E-state index contributed by atoms with van der Waals surface area (Å²) in [4.78, 5) is 30.1. The van der Waals surface area contributed by atoms with Crippen molar-refractivity contribution in [1.29, 1.82) is 0 Å². The summed E-state index contributed by atoms with van der Waals surface area (Å²) >= 11 is 5.99. The number of fused-ring (bicyclic) bond motifs is 1. The maximum Gasteiger partial charge on any atom is 0.226 e. The number of hydrogen-bond acceptors (Lipinski definition) is 6. The summed E-state index contributed by atoms with van der Waals surface area (Å²) in [6.07, 6.45) is 4.68. The summed E-state index contributed by atoms with van der Waals surface area (Å²) in [6.45, 7) is 1.86. The van der Waals surface area contributed by atoms with Crippen LogP contribution in [-0.2, 0) is 11.3 Å². The summed E-state index contributed by atoms with van der Waals surface area (Å²) in [5, 5.41) is 3.10. The first kappa shape index (κ1) is 15.9. The van der Waals surface area contributed by atoms with Gasteiger partial charge in [-0.2, -0.15) is 9.97 Å². The fourth-order valence-electron chi connectivity index (χ4n) is 3.11. The van der Waals surface area contributed by atoms with Gasteiger partial charge in [-0.25, -0.2) is 4.98 Å². The molecule has 0 radical (unpaired) electrons. The van der Waals surface area contributed by atoms with Gasteiger partial charge in [-0.1, -0.05) is 0 Å². The lowest BCUT2D eigenvalue weighted by Crippen LogP contribution is -2.40. The molecule has 1 fully saturated rings. The Morgan fingerprint density at radius 3 is 3.00 bits per heavy atom. The van der Waals surface area contributed by atoms with Crippen molar-refractivity contribution in [2.24, 2.45) is 5.92 Å². The average Bonchev–Trinajstić information content (AvgIpc) is 3.30. The molecule has 1 amide bonds. The first-order valence-corrected chi connectivity index (χ1v) is 8.50. The molecular weight excluding hydrogens is 344 g/mol. The molecule has 0 aromatic carbocycles. The van der Waals surface area contributed by atoms with Crippen molar-refractivity contribution in [3.05, 3.63) is 35.8 Å². The number of halogens is 1. The molecule has 0 bridgehead atoms. The monoisotopic (exact) mass is 360 g/mol. The predicted molar refractivity (Wildman–Crippen MR) is 92.2 cm³/mol. The highest BCUT2D eigenvalue weighted by atomic mass is 35.5. The second-order valence-corrected chi connectivity index (χ2v) is 6.31. The molecule has 2 N–H and O–H groups in total. The molecule has 25 heavy (non-hydrogen) atoms. The van der Waals surface area contributed by atoms with Gasteiger partial charge in [-0.15, -0.1) is 0 Å². The number of furan rings is 1. The van der Waals surface area contributed by atoms with Gasteiger partial charge in [-0.05, 0) is 36.6 Å². The van der Waals surface area contributed by atoms with E-state index in [-0.39, 0.29) is 17.1 Å². The zero-order chi connectivity index (χ0) is 17.2. The van der Waals surface area contributed by atoms with Crippen LogP contribution in [0.5, 0.6) is 0 Å². The van der Waals surface area contributed by atoms with Crippen LogP contribution in [-0.4, -0.2) is 38.9 Å². The third kappa shape index (κ3) is 3.30. The number of H-pyrrole nitrogens is 1. The van der Waals surface area contributed by atoms with Crippen molar-refractivity contribution in [3.63, 3.8) is 0 Å². The maximum absolute atomic E-state index is 12.3. The van der Waals surface area contributed by atoms with Crippen molar-refractivity contribution in [3.8, 4) is 0 Å². The zero-order valence-corrected chi connectivity index (χ0v) is 14.2. The van der Waals surface area contributed by atoms with Gasteiger partial charge in [0.15, 0.2) is 11.5 Å². The summed E-state index contributed by atoms with van der Waals surface area (Å²) in [5.74, 6) is 1.54. The van der Waals surface area contributed by atoms with Gasteiger partial charge in [0, 0.05) is 19.0 Å². The summed E-state index contributed by atoms with van der Waals surface area (Å²) in [7, 11) is 0. The topological polar surface area (TPSA) is 99.9 Å². The van der Waals surface area contributed by atoms with Crippen LogP contribution in [0.25, 0.3) is 11.2 Å². The van der Waals surface area contributed by atoms with Crippen molar-refractivity contribution < 1.29 is 9.21 Å². The molecule has 1 saturated heterocycles. The molecule has 8 nitrogen and oxygen atoms in total. The van der Waals surface area contributed by atoms with Crippen LogP contribution in [0.1, 0.15) is 18.6 Å². The number of piperidine rings is 1. The fraction of sp³-hybridized carbons (Fsp3) is 0.375. The van der Waals surface area contributed by atoms with Gasteiger partial charge in [0.05, 0.1) is 19.1 Å². The van der Waals surface area contributed by atoms with Gasteiger partial charge in [0.2, 0.25) is 11.2 Å². The normalized spacial score (nSPS) is 15.6. The van der Waals surface area contributed by atoms with E-state index in [1.54, 1.807) is 12.6 Å². The van der Waals surface area contributed by atoms with Gasteiger partial charge in [0.25, 0.3) is 0 Å². The van der Waals surface area contributed by atoms with Crippen molar-refractivity contribution in [1.82, 2.24) is 25.3 Å². The lowest BCUT2D eigenvalue weighted by Gasteiger charge is -2.32. The minimum Gasteiger partial charge on any atom is -0.467 e.